The van der Waals surface area contributed by atoms with Gasteiger partial charge in [-0.05, 0) is 31.5 Å². The van der Waals surface area contributed by atoms with Crippen molar-refractivity contribution in [2.24, 2.45) is 0 Å². The fourth-order valence-electron chi connectivity index (χ4n) is 1.41. The third kappa shape index (κ3) is 4.38. The van der Waals surface area contributed by atoms with Crippen molar-refractivity contribution in [1.82, 2.24) is 0 Å². The number of benzene rings is 1. The Kier molecular flexibility index (Phi) is 4.87. The lowest BCUT2D eigenvalue weighted by molar-refractivity contribution is -0.116. The molecule has 0 spiro atoms. The molecule has 17 heavy (non-hydrogen) atoms. The van der Waals surface area contributed by atoms with Gasteiger partial charge in [-0.15, -0.1) is 0 Å². The summed E-state index contributed by atoms with van der Waals surface area (Å²) in [6.07, 6.45) is 0.187. The van der Waals surface area contributed by atoms with Gasteiger partial charge in [0.2, 0.25) is 0 Å². The molecular formula is C12H14F2O3. The Labute approximate surface area is 98.3 Å². The van der Waals surface area contributed by atoms with Gasteiger partial charge in [-0.2, -0.15) is 8.78 Å². The molecule has 5 heteroatoms. The number of carbonyl (C=O) groups is 1. The molecule has 0 saturated heterocycles. The van der Waals surface area contributed by atoms with Gasteiger partial charge in [0.25, 0.3) is 0 Å². The SMILES string of the molecule is CCOc1ccc(CC(C)=O)cc1OC(F)F. The van der Waals surface area contributed by atoms with Gasteiger partial charge in [-0.3, -0.25) is 4.79 Å². The van der Waals surface area contributed by atoms with E-state index in [0.29, 0.717) is 12.2 Å². The number of halogens is 2. The smallest absolute Gasteiger partial charge is 0.387 e. The third-order valence-electron chi connectivity index (χ3n) is 1.98. The number of ether oxygens (including phenoxy) is 2. The van der Waals surface area contributed by atoms with E-state index in [4.69, 9.17) is 4.74 Å². The van der Waals surface area contributed by atoms with Crippen molar-refractivity contribution >= 4 is 5.78 Å². The molecule has 0 amide bonds. The second-order valence-electron chi connectivity index (χ2n) is 3.47. The van der Waals surface area contributed by atoms with Gasteiger partial charge >= 0.3 is 6.61 Å². The van der Waals surface area contributed by atoms with Crippen LogP contribution >= 0.6 is 0 Å². The maximum Gasteiger partial charge on any atom is 0.387 e. The van der Waals surface area contributed by atoms with Crippen LogP contribution in [0.5, 0.6) is 11.5 Å². The van der Waals surface area contributed by atoms with Crippen LogP contribution in [0.1, 0.15) is 19.4 Å². The summed E-state index contributed by atoms with van der Waals surface area (Å²) in [7, 11) is 0. The first-order valence-corrected chi connectivity index (χ1v) is 5.23. The molecule has 0 aliphatic carbocycles. The molecule has 0 fully saturated rings. The lowest BCUT2D eigenvalue weighted by atomic mass is 10.1. The molecule has 1 aromatic rings. The predicted molar refractivity (Wildman–Crippen MR) is 58.6 cm³/mol. The highest BCUT2D eigenvalue weighted by atomic mass is 19.3. The summed E-state index contributed by atoms with van der Waals surface area (Å²) in [6, 6.07) is 4.59. The van der Waals surface area contributed by atoms with Crippen molar-refractivity contribution in [2.75, 3.05) is 6.61 Å². The number of Topliss-reactive ketones (excluding diaryl/α,β-unsaturated/α-hetero) is 1. The molecule has 0 aliphatic rings. The minimum atomic E-state index is -2.92. The van der Waals surface area contributed by atoms with Gasteiger partial charge < -0.3 is 9.47 Å². The quantitative estimate of drug-likeness (QED) is 0.771. The lowest BCUT2D eigenvalue weighted by Gasteiger charge is -2.12. The monoisotopic (exact) mass is 244 g/mol. The number of hydrogen-bond donors (Lipinski definition) is 0. The second-order valence-corrected chi connectivity index (χ2v) is 3.47. The number of ketones is 1. The number of carbonyl (C=O) groups excluding carboxylic acids is 1. The Morgan fingerprint density at radius 1 is 1.35 bits per heavy atom. The summed E-state index contributed by atoms with van der Waals surface area (Å²) in [5, 5.41) is 0. The molecular weight excluding hydrogens is 230 g/mol. The molecule has 1 aromatic carbocycles. The van der Waals surface area contributed by atoms with Crippen molar-refractivity contribution in [3.8, 4) is 11.5 Å². The average Bonchev–Trinajstić information content (AvgIpc) is 2.20. The highest BCUT2D eigenvalue weighted by Gasteiger charge is 2.12. The van der Waals surface area contributed by atoms with E-state index in [0.717, 1.165) is 0 Å². The average molecular weight is 244 g/mol. The molecule has 0 bridgehead atoms. The molecule has 0 radical (unpaired) electrons. The molecule has 0 unspecified atom stereocenters. The van der Waals surface area contributed by atoms with Gasteiger partial charge in [0.15, 0.2) is 11.5 Å². The van der Waals surface area contributed by atoms with Gasteiger partial charge in [0.1, 0.15) is 5.78 Å². The molecule has 0 saturated carbocycles. The standard InChI is InChI=1S/C12H14F2O3/c1-3-16-10-5-4-9(6-8(2)15)7-11(10)17-12(13)14/h4-5,7,12H,3,6H2,1-2H3. The van der Waals surface area contributed by atoms with E-state index in [2.05, 4.69) is 4.74 Å². The van der Waals surface area contributed by atoms with Crippen molar-refractivity contribution in [2.45, 2.75) is 26.9 Å². The van der Waals surface area contributed by atoms with Crippen molar-refractivity contribution in [1.29, 1.82) is 0 Å². The fourth-order valence-corrected chi connectivity index (χ4v) is 1.41. The summed E-state index contributed by atoms with van der Waals surface area (Å²) >= 11 is 0. The van der Waals surface area contributed by atoms with Crippen LogP contribution < -0.4 is 9.47 Å². The van der Waals surface area contributed by atoms with E-state index in [1.54, 1.807) is 13.0 Å². The topological polar surface area (TPSA) is 35.5 Å². The van der Waals surface area contributed by atoms with Crippen LogP contribution in [-0.4, -0.2) is 19.0 Å². The summed E-state index contributed by atoms with van der Waals surface area (Å²) in [4.78, 5) is 10.9. The van der Waals surface area contributed by atoms with Crippen molar-refractivity contribution in [3.63, 3.8) is 0 Å². The van der Waals surface area contributed by atoms with Crippen LogP contribution in [0.4, 0.5) is 8.78 Å². The van der Waals surface area contributed by atoms with E-state index in [9.17, 15) is 13.6 Å². The summed E-state index contributed by atoms with van der Waals surface area (Å²) in [6.45, 7) is 0.618. The summed E-state index contributed by atoms with van der Waals surface area (Å²) in [5.74, 6) is 0.165. The van der Waals surface area contributed by atoms with Crippen LogP contribution in [0, 0.1) is 0 Å². The van der Waals surface area contributed by atoms with E-state index in [-0.39, 0.29) is 23.7 Å². The lowest BCUT2D eigenvalue weighted by Crippen LogP contribution is -2.06. The molecule has 0 atom stereocenters. The van der Waals surface area contributed by atoms with E-state index >= 15 is 0 Å². The highest BCUT2D eigenvalue weighted by molar-refractivity contribution is 5.78. The maximum absolute atomic E-state index is 12.2. The Hall–Kier alpha value is -1.65. The minimum absolute atomic E-state index is 0.0411. The molecule has 0 heterocycles. The van der Waals surface area contributed by atoms with Gasteiger partial charge in [0.05, 0.1) is 6.61 Å². The van der Waals surface area contributed by atoms with Crippen LogP contribution in [0.25, 0.3) is 0 Å². The van der Waals surface area contributed by atoms with E-state index in [1.807, 2.05) is 0 Å². The first kappa shape index (κ1) is 13.4. The zero-order chi connectivity index (χ0) is 12.8. The van der Waals surface area contributed by atoms with Crippen molar-refractivity contribution in [3.05, 3.63) is 23.8 Å². The van der Waals surface area contributed by atoms with Crippen LogP contribution in [-0.2, 0) is 11.2 Å². The first-order chi connectivity index (χ1) is 8.02. The van der Waals surface area contributed by atoms with Gasteiger partial charge in [-0.25, -0.2) is 0 Å². The molecule has 0 N–H and O–H groups in total. The van der Waals surface area contributed by atoms with Crippen LogP contribution in [0.2, 0.25) is 0 Å². The molecule has 94 valence electrons. The zero-order valence-corrected chi connectivity index (χ0v) is 9.70. The predicted octanol–water partition coefficient (Wildman–Crippen LogP) is 2.82. The number of hydrogen-bond acceptors (Lipinski definition) is 3. The highest BCUT2D eigenvalue weighted by Crippen LogP contribution is 2.30. The molecule has 0 aliphatic heterocycles. The van der Waals surface area contributed by atoms with E-state index < -0.39 is 6.61 Å². The van der Waals surface area contributed by atoms with Crippen molar-refractivity contribution < 1.29 is 23.0 Å². The Morgan fingerprint density at radius 2 is 2.06 bits per heavy atom. The fraction of sp³-hybridized carbons (Fsp3) is 0.417. The third-order valence-corrected chi connectivity index (χ3v) is 1.98. The minimum Gasteiger partial charge on any atom is -0.490 e. The molecule has 0 aromatic heterocycles. The van der Waals surface area contributed by atoms with Gasteiger partial charge in [0, 0.05) is 6.42 Å². The zero-order valence-electron chi connectivity index (χ0n) is 9.70. The molecule has 1 rings (SSSR count). The number of rotatable bonds is 6. The first-order valence-electron chi connectivity index (χ1n) is 5.23. The van der Waals surface area contributed by atoms with Crippen LogP contribution in [0.15, 0.2) is 18.2 Å². The Balaban J connectivity index is 2.96. The van der Waals surface area contributed by atoms with Crippen LogP contribution in [0.3, 0.4) is 0 Å². The Morgan fingerprint density at radius 3 is 2.59 bits per heavy atom. The maximum atomic E-state index is 12.2. The summed E-state index contributed by atoms with van der Waals surface area (Å²) < 4.78 is 33.9. The summed E-state index contributed by atoms with van der Waals surface area (Å²) in [5.41, 5.74) is 0.622. The molecule has 3 nitrogen and oxygen atoms in total. The largest absolute Gasteiger partial charge is 0.490 e. The normalized spacial score (nSPS) is 10.4. The van der Waals surface area contributed by atoms with Gasteiger partial charge in [-0.1, -0.05) is 6.07 Å². The number of alkyl halides is 2. The Bertz CT molecular complexity index is 391. The second kappa shape index (κ2) is 6.18. The van der Waals surface area contributed by atoms with E-state index in [1.165, 1.54) is 19.1 Å².